The highest BCUT2D eigenvalue weighted by Crippen LogP contribution is 2.48. The summed E-state index contributed by atoms with van der Waals surface area (Å²) in [5.74, 6) is -0.817. The molecule has 2 unspecified atom stereocenters. The topological polar surface area (TPSA) is 106 Å². The van der Waals surface area contributed by atoms with Crippen LogP contribution in [0.2, 0.25) is 0 Å². The van der Waals surface area contributed by atoms with E-state index in [1.165, 1.54) is 16.9 Å². The van der Waals surface area contributed by atoms with Crippen LogP contribution in [0.3, 0.4) is 0 Å². The summed E-state index contributed by atoms with van der Waals surface area (Å²) < 4.78 is 56.3. The summed E-state index contributed by atoms with van der Waals surface area (Å²) in [6, 6.07) is 7.48. The minimum Gasteiger partial charge on any atom is -0.374 e. The number of anilines is 1. The van der Waals surface area contributed by atoms with Gasteiger partial charge < -0.3 is 15.2 Å². The maximum Gasteiger partial charge on any atom is 0.424 e. The van der Waals surface area contributed by atoms with E-state index in [0.717, 1.165) is 6.20 Å². The van der Waals surface area contributed by atoms with Crippen molar-refractivity contribution >= 4 is 23.1 Å². The molecule has 0 radical (unpaired) electrons. The van der Waals surface area contributed by atoms with Crippen LogP contribution in [0.15, 0.2) is 48.8 Å². The highest BCUT2D eigenvalue weighted by Gasteiger charge is 2.64. The molecular formula is C21H14F4N6O2. The number of carbonyl (C=O) groups excluding carboxylic acids is 1. The molecule has 1 aliphatic rings. The largest absolute Gasteiger partial charge is 0.424 e. The number of hydrogen-bond acceptors (Lipinski definition) is 7. The van der Waals surface area contributed by atoms with Crippen molar-refractivity contribution in [3.63, 3.8) is 0 Å². The number of benzene rings is 1. The molecule has 0 bridgehead atoms. The van der Waals surface area contributed by atoms with Crippen molar-refractivity contribution in [2.24, 2.45) is 0 Å². The molecule has 12 heteroatoms. The van der Waals surface area contributed by atoms with E-state index in [9.17, 15) is 27.5 Å². The molecule has 4 aromatic rings. The van der Waals surface area contributed by atoms with E-state index in [1.807, 2.05) is 0 Å². The Morgan fingerprint density at radius 2 is 1.97 bits per heavy atom. The molecule has 0 fully saturated rings. The first-order valence-electron chi connectivity index (χ1n) is 9.68. The van der Waals surface area contributed by atoms with Crippen molar-refractivity contribution in [1.82, 2.24) is 24.7 Å². The van der Waals surface area contributed by atoms with Crippen LogP contribution in [-0.2, 0) is 16.9 Å². The van der Waals surface area contributed by atoms with Crippen molar-refractivity contribution < 1.29 is 27.5 Å². The zero-order chi connectivity index (χ0) is 23.4. The number of alkyl halides is 3. The fourth-order valence-electron chi connectivity index (χ4n) is 3.84. The third-order valence-electron chi connectivity index (χ3n) is 5.51. The molecule has 0 saturated carbocycles. The zero-order valence-electron chi connectivity index (χ0n) is 16.6. The molecule has 0 aliphatic carbocycles. The summed E-state index contributed by atoms with van der Waals surface area (Å²) >= 11 is 0. The Balaban J connectivity index is 1.62. The van der Waals surface area contributed by atoms with Gasteiger partial charge in [0.15, 0.2) is 11.5 Å². The van der Waals surface area contributed by atoms with Crippen molar-refractivity contribution in [2.45, 2.75) is 24.4 Å². The van der Waals surface area contributed by atoms with E-state index >= 15 is 0 Å². The Morgan fingerprint density at radius 1 is 1.18 bits per heavy atom. The number of halogens is 4. The Labute approximate surface area is 182 Å². The van der Waals surface area contributed by atoms with Gasteiger partial charge in [-0.2, -0.15) is 18.3 Å². The lowest BCUT2D eigenvalue weighted by Gasteiger charge is -2.28. The summed E-state index contributed by atoms with van der Waals surface area (Å²) in [6.07, 6.45) is -2.83. The second-order valence-electron chi connectivity index (χ2n) is 7.45. The van der Waals surface area contributed by atoms with Crippen molar-refractivity contribution in [3.05, 3.63) is 65.7 Å². The van der Waals surface area contributed by atoms with Gasteiger partial charge in [-0.15, -0.1) is 0 Å². The van der Waals surface area contributed by atoms with E-state index in [0.29, 0.717) is 16.6 Å². The molecule has 2 atom stereocenters. The summed E-state index contributed by atoms with van der Waals surface area (Å²) in [7, 11) is 0. The summed E-state index contributed by atoms with van der Waals surface area (Å²) in [5, 5.41) is 17.5. The number of pyridine rings is 1. The lowest BCUT2D eigenvalue weighted by Crippen LogP contribution is -2.51. The summed E-state index contributed by atoms with van der Waals surface area (Å²) in [6.45, 7) is 0.0460. The van der Waals surface area contributed by atoms with Crippen LogP contribution in [0.4, 0.5) is 23.4 Å². The van der Waals surface area contributed by atoms with E-state index in [1.54, 1.807) is 30.3 Å². The smallest absolute Gasteiger partial charge is 0.374 e. The first kappa shape index (κ1) is 20.9. The van der Waals surface area contributed by atoms with Gasteiger partial charge in [-0.25, -0.2) is 24.0 Å². The van der Waals surface area contributed by atoms with Crippen LogP contribution < -0.4 is 5.32 Å². The number of rotatable bonds is 4. The average molecular weight is 458 g/mol. The van der Waals surface area contributed by atoms with E-state index in [-0.39, 0.29) is 30.2 Å². The van der Waals surface area contributed by atoms with Gasteiger partial charge in [0.25, 0.3) is 0 Å². The Kier molecular flexibility index (Phi) is 4.64. The number of carbonyl (C=O) groups is 1. The maximum atomic E-state index is 14.2. The molecule has 2 N–H and O–H groups in total. The quantitative estimate of drug-likeness (QED) is 0.358. The van der Waals surface area contributed by atoms with Crippen molar-refractivity contribution in [2.75, 3.05) is 5.32 Å². The van der Waals surface area contributed by atoms with Crippen LogP contribution in [0.1, 0.15) is 11.1 Å². The molecule has 3 aromatic heterocycles. The van der Waals surface area contributed by atoms with Gasteiger partial charge in [0.2, 0.25) is 5.60 Å². The number of hydrogen-bond donors (Lipinski definition) is 2. The van der Waals surface area contributed by atoms with Gasteiger partial charge in [-0.05, 0) is 18.2 Å². The molecule has 0 amide bonds. The van der Waals surface area contributed by atoms with Gasteiger partial charge in [0.1, 0.15) is 29.7 Å². The molecule has 1 aliphatic heterocycles. The number of aliphatic hydroxyl groups is 1. The normalized spacial score (nSPS) is 20.0. The summed E-state index contributed by atoms with van der Waals surface area (Å²) in [5.41, 5.74) is -3.17. The van der Waals surface area contributed by atoms with Gasteiger partial charge in [-0.1, -0.05) is 18.2 Å². The van der Waals surface area contributed by atoms with Crippen LogP contribution in [0.25, 0.3) is 22.6 Å². The third-order valence-corrected chi connectivity index (χ3v) is 5.51. The van der Waals surface area contributed by atoms with E-state index < -0.39 is 29.2 Å². The Bertz CT molecular complexity index is 1390. The number of aldehydes is 1. The maximum absolute atomic E-state index is 14.2. The minimum atomic E-state index is -5.14. The van der Waals surface area contributed by atoms with Crippen LogP contribution in [-0.4, -0.2) is 48.3 Å². The highest BCUT2D eigenvalue weighted by molar-refractivity contribution is 5.89. The summed E-state index contributed by atoms with van der Waals surface area (Å²) in [4.78, 5) is 23.6. The van der Waals surface area contributed by atoms with Crippen molar-refractivity contribution in [3.8, 4) is 11.5 Å². The van der Waals surface area contributed by atoms with Crippen LogP contribution in [0, 0.1) is 5.82 Å². The molecule has 4 heterocycles. The fourth-order valence-corrected chi connectivity index (χ4v) is 3.84. The Hall–Kier alpha value is -3.93. The lowest BCUT2D eigenvalue weighted by atomic mass is 9.91. The van der Waals surface area contributed by atoms with E-state index in [4.69, 9.17) is 0 Å². The number of nitrogens with zero attached hydrogens (tertiary/aromatic N) is 5. The molecule has 5 rings (SSSR count). The predicted octanol–water partition coefficient (Wildman–Crippen LogP) is 2.82. The fraction of sp³-hybridized carbons (Fsp3) is 0.190. The second-order valence-corrected chi connectivity index (χ2v) is 7.45. The van der Waals surface area contributed by atoms with Crippen LogP contribution >= 0.6 is 0 Å². The molecule has 8 nitrogen and oxygen atoms in total. The first-order valence-corrected chi connectivity index (χ1v) is 9.68. The lowest BCUT2D eigenvalue weighted by molar-refractivity contribution is -0.266. The highest BCUT2D eigenvalue weighted by atomic mass is 19.4. The average Bonchev–Trinajstić information content (AvgIpc) is 3.31. The molecule has 33 heavy (non-hydrogen) atoms. The SMILES string of the molecule is O=CC1Nc2nc(-c3nn(Cc4ccccc4F)c4ncccc34)ncc2C1(O)C(F)(F)F. The van der Waals surface area contributed by atoms with Gasteiger partial charge in [0, 0.05) is 18.0 Å². The molecule has 1 aromatic carbocycles. The minimum absolute atomic E-state index is 0.0305. The predicted molar refractivity (Wildman–Crippen MR) is 107 cm³/mol. The monoisotopic (exact) mass is 458 g/mol. The number of aromatic nitrogens is 5. The molecule has 0 spiro atoms. The molecular weight excluding hydrogens is 444 g/mol. The second kappa shape index (κ2) is 7.30. The van der Waals surface area contributed by atoms with Gasteiger partial charge >= 0.3 is 6.18 Å². The zero-order valence-corrected chi connectivity index (χ0v) is 16.6. The van der Waals surface area contributed by atoms with Gasteiger partial charge in [0.05, 0.1) is 17.5 Å². The van der Waals surface area contributed by atoms with Crippen LogP contribution in [0.5, 0.6) is 0 Å². The number of nitrogens with one attached hydrogen (secondary N) is 1. The third kappa shape index (κ3) is 3.13. The Morgan fingerprint density at radius 3 is 2.70 bits per heavy atom. The van der Waals surface area contributed by atoms with E-state index in [2.05, 4.69) is 25.4 Å². The standard InChI is InChI=1S/C21H14F4N6O2/c22-14-6-2-1-4-11(14)9-31-19-12(5-3-7-26-19)16(30-31)18-27-8-13-17(29-18)28-15(10-32)20(13,33)21(23,24)25/h1-8,10,15,33H,9H2,(H,27,28,29). The van der Waals surface area contributed by atoms with Crippen molar-refractivity contribution in [1.29, 1.82) is 0 Å². The molecule has 0 saturated heterocycles. The number of fused-ring (bicyclic) bond motifs is 2. The first-order chi connectivity index (χ1) is 15.7. The van der Waals surface area contributed by atoms with Gasteiger partial charge in [-0.3, -0.25) is 0 Å². The molecule has 168 valence electrons.